The predicted octanol–water partition coefficient (Wildman–Crippen LogP) is 5.13. The normalized spacial score (nSPS) is 12.0. The zero-order valence-electron chi connectivity index (χ0n) is 21.9. The standard InChI is InChI=1S/C27H19ClF3N6O5P/c1-15-19(8-11-21(33-15)27(29,30)31)13-36-26(38)24(18-4-2-16(12-32)3-5-18)23(17-6-9-20(28)10-7-17)25-35-34-22(37(25)36)14-42-43(39,40)41/h2-11H,13-14H2,1H3,(H2,39,40,41). The number of nitriles is 1. The summed E-state index contributed by atoms with van der Waals surface area (Å²) in [5.41, 5.74) is 0.165. The van der Waals surface area contributed by atoms with Crippen molar-refractivity contribution >= 4 is 25.1 Å². The van der Waals surface area contributed by atoms with Crippen LogP contribution in [-0.2, 0) is 28.4 Å². The number of alkyl halides is 3. The Bertz CT molecular complexity index is 2000. The van der Waals surface area contributed by atoms with Gasteiger partial charge >= 0.3 is 14.0 Å². The summed E-state index contributed by atoms with van der Waals surface area (Å²) in [6.07, 6.45) is -4.68. The first kappa shape index (κ1) is 30.1. The molecule has 5 aromatic rings. The van der Waals surface area contributed by atoms with Gasteiger partial charge in [-0.15, -0.1) is 10.2 Å². The van der Waals surface area contributed by atoms with Crippen molar-refractivity contribution in [3.05, 3.63) is 104 Å². The van der Waals surface area contributed by atoms with E-state index in [1.165, 1.54) is 29.6 Å². The first-order valence-electron chi connectivity index (χ1n) is 12.3. The number of phosphoric acid groups is 1. The third kappa shape index (κ3) is 6.22. The van der Waals surface area contributed by atoms with Crippen LogP contribution in [0.1, 0.15) is 28.3 Å². The van der Waals surface area contributed by atoms with E-state index >= 15 is 0 Å². The van der Waals surface area contributed by atoms with E-state index in [0.29, 0.717) is 21.7 Å². The third-order valence-corrected chi connectivity index (χ3v) is 7.19. The molecule has 0 aliphatic heterocycles. The molecule has 3 aromatic heterocycles. The minimum absolute atomic E-state index is 0.00216. The molecule has 2 aromatic carbocycles. The summed E-state index contributed by atoms with van der Waals surface area (Å²) >= 11 is 6.10. The fourth-order valence-corrected chi connectivity index (χ4v) is 4.89. The van der Waals surface area contributed by atoms with Gasteiger partial charge in [-0.3, -0.25) is 9.32 Å². The average molecular weight is 631 g/mol. The molecule has 11 nitrogen and oxygen atoms in total. The molecule has 220 valence electrons. The van der Waals surface area contributed by atoms with Crippen LogP contribution in [0.4, 0.5) is 13.2 Å². The number of phosphoric ester groups is 1. The van der Waals surface area contributed by atoms with Gasteiger partial charge < -0.3 is 9.79 Å². The smallest absolute Gasteiger partial charge is 0.303 e. The molecular formula is C27H19ClF3N6O5P. The van der Waals surface area contributed by atoms with E-state index in [9.17, 15) is 37.6 Å². The quantitative estimate of drug-likeness (QED) is 0.233. The van der Waals surface area contributed by atoms with E-state index in [-0.39, 0.29) is 40.4 Å². The summed E-state index contributed by atoms with van der Waals surface area (Å²) < 4.78 is 58.3. The van der Waals surface area contributed by atoms with Gasteiger partial charge in [0.1, 0.15) is 12.3 Å². The fourth-order valence-electron chi connectivity index (χ4n) is 4.48. The monoisotopic (exact) mass is 630 g/mol. The number of hydrogen-bond donors (Lipinski definition) is 2. The van der Waals surface area contributed by atoms with Gasteiger partial charge in [-0.1, -0.05) is 41.9 Å². The van der Waals surface area contributed by atoms with Crippen LogP contribution in [0, 0.1) is 18.3 Å². The van der Waals surface area contributed by atoms with E-state index in [0.717, 1.165) is 10.7 Å². The van der Waals surface area contributed by atoms with E-state index in [1.54, 1.807) is 36.4 Å². The van der Waals surface area contributed by atoms with Gasteiger partial charge in [0.15, 0.2) is 11.5 Å². The van der Waals surface area contributed by atoms with Crippen molar-refractivity contribution in [3.63, 3.8) is 0 Å². The number of aryl methyl sites for hydroxylation is 1. The third-order valence-electron chi connectivity index (χ3n) is 6.47. The lowest BCUT2D eigenvalue weighted by atomic mass is 9.96. The van der Waals surface area contributed by atoms with Gasteiger partial charge in [-0.2, -0.15) is 18.4 Å². The molecule has 0 fully saturated rings. The Balaban J connectivity index is 1.83. The van der Waals surface area contributed by atoms with Crippen LogP contribution in [0.3, 0.4) is 0 Å². The van der Waals surface area contributed by atoms with Crippen LogP contribution >= 0.6 is 19.4 Å². The number of fused-ring (bicyclic) bond motifs is 1. The Kier molecular flexibility index (Phi) is 7.95. The van der Waals surface area contributed by atoms with Gasteiger partial charge in [0, 0.05) is 16.3 Å². The second kappa shape index (κ2) is 11.4. The molecule has 43 heavy (non-hydrogen) atoms. The van der Waals surface area contributed by atoms with Crippen molar-refractivity contribution in [3.8, 4) is 28.3 Å². The second-order valence-electron chi connectivity index (χ2n) is 9.26. The summed E-state index contributed by atoms with van der Waals surface area (Å²) in [6, 6.07) is 16.6. The summed E-state index contributed by atoms with van der Waals surface area (Å²) in [7, 11) is -4.97. The zero-order valence-corrected chi connectivity index (χ0v) is 23.6. The van der Waals surface area contributed by atoms with E-state index in [2.05, 4.69) is 19.7 Å². The zero-order chi connectivity index (χ0) is 31.1. The van der Waals surface area contributed by atoms with Crippen molar-refractivity contribution < 1.29 is 32.0 Å². The summed E-state index contributed by atoms with van der Waals surface area (Å²) in [4.78, 5) is 36.6. The number of rotatable bonds is 7. The molecule has 0 atom stereocenters. The van der Waals surface area contributed by atoms with Crippen LogP contribution in [0.5, 0.6) is 0 Å². The molecular weight excluding hydrogens is 612 g/mol. The molecule has 2 N–H and O–H groups in total. The number of pyridine rings is 1. The van der Waals surface area contributed by atoms with Crippen molar-refractivity contribution in [2.45, 2.75) is 26.3 Å². The maximum absolute atomic E-state index is 14.4. The van der Waals surface area contributed by atoms with E-state index in [1.807, 2.05) is 6.07 Å². The summed E-state index contributed by atoms with van der Waals surface area (Å²) in [6.45, 7) is 0.281. The van der Waals surface area contributed by atoms with Crippen molar-refractivity contribution in [1.82, 2.24) is 24.4 Å². The number of halogens is 4. The highest BCUT2D eigenvalue weighted by Gasteiger charge is 2.33. The molecule has 16 heteroatoms. The van der Waals surface area contributed by atoms with Crippen LogP contribution in [0.15, 0.2) is 65.5 Å². The minimum Gasteiger partial charge on any atom is -0.303 e. The van der Waals surface area contributed by atoms with Gasteiger partial charge in [0.25, 0.3) is 5.56 Å². The lowest BCUT2D eigenvalue weighted by molar-refractivity contribution is -0.141. The summed E-state index contributed by atoms with van der Waals surface area (Å²) in [5.74, 6) is -0.172. The summed E-state index contributed by atoms with van der Waals surface area (Å²) in [5, 5.41) is 17.9. The number of aromatic nitrogens is 5. The Hall–Kier alpha value is -4.38. The van der Waals surface area contributed by atoms with Gasteiger partial charge in [-0.05, 0) is 53.9 Å². The maximum atomic E-state index is 14.4. The van der Waals surface area contributed by atoms with Crippen LogP contribution in [0.25, 0.3) is 27.9 Å². The Morgan fingerprint density at radius 3 is 2.21 bits per heavy atom. The fraction of sp³-hybridized carbons (Fsp3) is 0.148. The van der Waals surface area contributed by atoms with E-state index < -0.39 is 31.9 Å². The molecule has 0 spiro atoms. The molecule has 0 unspecified atom stereocenters. The lowest BCUT2D eigenvalue weighted by Crippen LogP contribution is -2.30. The van der Waals surface area contributed by atoms with Gasteiger partial charge in [-0.25, -0.2) is 18.7 Å². The van der Waals surface area contributed by atoms with Crippen molar-refractivity contribution in [2.75, 3.05) is 0 Å². The highest BCUT2D eigenvalue weighted by Crippen LogP contribution is 2.38. The van der Waals surface area contributed by atoms with Gasteiger partial charge in [0.2, 0.25) is 0 Å². The molecule has 0 amide bonds. The molecule has 3 heterocycles. The largest absolute Gasteiger partial charge is 0.470 e. The van der Waals surface area contributed by atoms with Crippen molar-refractivity contribution in [2.24, 2.45) is 0 Å². The molecule has 5 rings (SSSR count). The molecule has 0 aliphatic rings. The highest BCUT2D eigenvalue weighted by atomic mass is 35.5. The SMILES string of the molecule is Cc1nc(C(F)(F)F)ccc1Cn1c(=O)c(-c2ccc(C#N)cc2)c(-c2ccc(Cl)cc2)c2nnc(COP(=O)(O)O)n21. The Morgan fingerprint density at radius 1 is 1.00 bits per heavy atom. The highest BCUT2D eigenvalue weighted by molar-refractivity contribution is 7.46. The Labute approximate surface area is 245 Å². The van der Waals surface area contributed by atoms with Crippen LogP contribution < -0.4 is 5.56 Å². The molecule has 0 saturated carbocycles. The molecule has 0 bridgehead atoms. The average Bonchev–Trinajstić information content (AvgIpc) is 3.37. The van der Waals surface area contributed by atoms with Crippen LogP contribution in [0.2, 0.25) is 5.02 Å². The minimum atomic E-state index is -4.97. The number of hydrogen-bond acceptors (Lipinski definition) is 7. The van der Waals surface area contributed by atoms with Crippen molar-refractivity contribution in [1.29, 1.82) is 5.26 Å². The predicted molar refractivity (Wildman–Crippen MR) is 148 cm³/mol. The van der Waals surface area contributed by atoms with Crippen LogP contribution in [-0.4, -0.2) is 34.2 Å². The second-order valence-corrected chi connectivity index (χ2v) is 10.9. The van der Waals surface area contributed by atoms with E-state index in [4.69, 9.17) is 11.6 Å². The Morgan fingerprint density at radius 2 is 1.63 bits per heavy atom. The maximum Gasteiger partial charge on any atom is 0.470 e. The lowest BCUT2D eigenvalue weighted by Gasteiger charge is -2.19. The number of nitrogens with zero attached hydrogens (tertiary/aromatic N) is 6. The number of benzene rings is 2. The molecule has 0 aliphatic carbocycles. The molecule has 0 saturated heterocycles. The first-order valence-corrected chi connectivity index (χ1v) is 14.2. The van der Waals surface area contributed by atoms with Gasteiger partial charge in [0.05, 0.1) is 23.7 Å². The molecule has 0 radical (unpaired) electrons. The first-order chi connectivity index (χ1) is 20.3. The topological polar surface area (TPSA) is 156 Å².